The summed E-state index contributed by atoms with van der Waals surface area (Å²) in [6, 6.07) is 7.69. The molecule has 3 aromatic rings. The summed E-state index contributed by atoms with van der Waals surface area (Å²) in [6.07, 6.45) is 0. The molecular formula is C19H17ClF2N4O3S. The van der Waals surface area contributed by atoms with Gasteiger partial charge in [-0.05, 0) is 54.9 Å². The summed E-state index contributed by atoms with van der Waals surface area (Å²) in [5.41, 5.74) is 0.732. The molecule has 0 fully saturated rings. The van der Waals surface area contributed by atoms with Crippen LogP contribution in [-0.4, -0.2) is 33.1 Å². The number of hydrogen-bond donors (Lipinski definition) is 5. The molecule has 5 N–H and O–H groups in total. The van der Waals surface area contributed by atoms with Crippen LogP contribution in [0.3, 0.4) is 0 Å². The molecule has 30 heavy (non-hydrogen) atoms. The van der Waals surface area contributed by atoms with Crippen LogP contribution in [0.25, 0.3) is 0 Å². The fraction of sp³-hybridized carbons (Fsp3) is 0.158. The van der Waals surface area contributed by atoms with Crippen LogP contribution < -0.4 is 15.4 Å². The summed E-state index contributed by atoms with van der Waals surface area (Å²) < 4.78 is 36.6. The highest BCUT2D eigenvalue weighted by molar-refractivity contribution is 7.11. The summed E-state index contributed by atoms with van der Waals surface area (Å²) in [6.45, 7) is 1.51. The van der Waals surface area contributed by atoms with Crippen LogP contribution in [0.15, 0.2) is 36.4 Å². The SMILES string of the molecule is CC(CO)NC(=N)c1c(O)nsc1Nc1ccc(Oc2c(F)ccc(F)c2Cl)cc1. The minimum atomic E-state index is -0.796. The van der Waals surface area contributed by atoms with Crippen molar-refractivity contribution in [2.45, 2.75) is 13.0 Å². The van der Waals surface area contributed by atoms with Crippen molar-refractivity contribution >= 4 is 39.7 Å². The average Bonchev–Trinajstić information content (AvgIpc) is 3.09. The second-order valence-corrected chi connectivity index (χ2v) is 7.39. The van der Waals surface area contributed by atoms with Crippen molar-refractivity contribution in [3.8, 4) is 17.4 Å². The van der Waals surface area contributed by atoms with E-state index in [4.69, 9.17) is 26.9 Å². The molecule has 0 aliphatic rings. The van der Waals surface area contributed by atoms with Gasteiger partial charge in [0.2, 0.25) is 5.88 Å². The number of aliphatic hydroxyl groups is 1. The first-order chi connectivity index (χ1) is 14.3. The molecule has 1 atom stereocenters. The quantitative estimate of drug-likeness (QED) is 0.202. The lowest BCUT2D eigenvalue weighted by Gasteiger charge is -2.14. The second kappa shape index (κ2) is 9.24. The van der Waals surface area contributed by atoms with Gasteiger partial charge in [0, 0.05) is 11.7 Å². The highest BCUT2D eigenvalue weighted by atomic mass is 35.5. The summed E-state index contributed by atoms with van der Waals surface area (Å²) >= 11 is 6.71. The third-order valence-corrected chi connectivity index (χ3v) is 5.03. The van der Waals surface area contributed by atoms with Gasteiger partial charge >= 0.3 is 0 Å². The van der Waals surface area contributed by atoms with Gasteiger partial charge in [-0.1, -0.05) is 11.6 Å². The van der Waals surface area contributed by atoms with Crippen molar-refractivity contribution in [3.63, 3.8) is 0 Å². The average molecular weight is 455 g/mol. The minimum Gasteiger partial charge on any atom is -0.492 e. The van der Waals surface area contributed by atoms with Gasteiger partial charge in [0.1, 0.15) is 33.0 Å². The third kappa shape index (κ3) is 4.78. The molecule has 0 aliphatic carbocycles. The van der Waals surface area contributed by atoms with Gasteiger partial charge in [0.25, 0.3) is 0 Å². The van der Waals surface area contributed by atoms with E-state index in [9.17, 15) is 13.9 Å². The Balaban J connectivity index is 1.76. The summed E-state index contributed by atoms with van der Waals surface area (Å²) in [7, 11) is 0. The molecule has 7 nitrogen and oxygen atoms in total. The summed E-state index contributed by atoms with van der Waals surface area (Å²) in [4.78, 5) is 0. The first-order valence-corrected chi connectivity index (χ1v) is 9.78. The fourth-order valence-corrected chi connectivity index (χ4v) is 3.32. The molecular weight excluding hydrogens is 438 g/mol. The lowest BCUT2D eigenvalue weighted by Crippen LogP contribution is -2.35. The predicted octanol–water partition coefficient (Wildman–Crippen LogP) is 4.61. The van der Waals surface area contributed by atoms with Gasteiger partial charge < -0.3 is 25.6 Å². The van der Waals surface area contributed by atoms with Gasteiger partial charge in [0.15, 0.2) is 11.6 Å². The van der Waals surface area contributed by atoms with Gasteiger partial charge in [-0.2, -0.15) is 4.37 Å². The molecule has 0 aliphatic heterocycles. The maximum absolute atomic E-state index is 13.9. The lowest BCUT2D eigenvalue weighted by molar-refractivity contribution is 0.264. The Bertz CT molecular complexity index is 1060. The van der Waals surface area contributed by atoms with E-state index in [2.05, 4.69) is 15.0 Å². The van der Waals surface area contributed by atoms with E-state index >= 15 is 0 Å². The van der Waals surface area contributed by atoms with Crippen molar-refractivity contribution < 1.29 is 23.7 Å². The topological polar surface area (TPSA) is 110 Å². The molecule has 0 bridgehead atoms. The number of aromatic hydroxyl groups is 1. The van der Waals surface area contributed by atoms with E-state index in [1.165, 1.54) is 12.1 Å². The number of hydrogen-bond acceptors (Lipinski definition) is 7. The van der Waals surface area contributed by atoms with Crippen molar-refractivity contribution in [1.29, 1.82) is 5.41 Å². The molecule has 3 rings (SSSR count). The van der Waals surface area contributed by atoms with E-state index < -0.39 is 22.4 Å². The first-order valence-electron chi connectivity index (χ1n) is 8.63. The number of aromatic nitrogens is 1. The summed E-state index contributed by atoms with van der Waals surface area (Å²) in [5, 5.41) is 32.9. The van der Waals surface area contributed by atoms with Gasteiger partial charge in [-0.15, -0.1) is 0 Å². The minimum absolute atomic E-state index is 0.0959. The molecule has 158 valence electrons. The fourth-order valence-electron chi connectivity index (χ4n) is 2.41. The lowest BCUT2D eigenvalue weighted by atomic mass is 10.2. The van der Waals surface area contributed by atoms with Crippen LogP contribution in [0.2, 0.25) is 5.02 Å². The Kier molecular flexibility index (Phi) is 6.70. The zero-order chi connectivity index (χ0) is 21.8. The van der Waals surface area contributed by atoms with Crippen molar-refractivity contribution in [1.82, 2.24) is 9.69 Å². The predicted molar refractivity (Wildman–Crippen MR) is 111 cm³/mol. The number of halogens is 3. The summed E-state index contributed by atoms with van der Waals surface area (Å²) in [5.74, 6) is -2.19. The Morgan fingerprint density at radius 1 is 1.23 bits per heavy atom. The van der Waals surface area contributed by atoms with Crippen LogP contribution in [0.4, 0.5) is 19.5 Å². The van der Waals surface area contributed by atoms with E-state index in [0.29, 0.717) is 10.7 Å². The number of ether oxygens (including phenoxy) is 1. The van der Waals surface area contributed by atoms with Crippen LogP contribution in [0.5, 0.6) is 17.4 Å². The first kappa shape index (κ1) is 21.8. The Hall–Kier alpha value is -2.95. The number of aliphatic hydroxyl groups excluding tert-OH is 1. The molecule has 1 unspecified atom stereocenters. The molecule has 1 aromatic heterocycles. The highest BCUT2D eigenvalue weighted by Crippen LogP contribution is 2.36. The standard InChI is InChI=1S/C19H17ClF2N4O3S/c1-9(8-27)24-17(23)14-18(28)26-30-19(14)25-10-2-4-11(5-3-10)29-16-13(22)7-6-12(21)15(16)20/h2-7,9,25,27H,8H2,1H3,(H2,23,24)(H,26,28). The number of rotatable bonds is 7. The Labute approximate surface area is 179 Å². The molecule has 0 amide bonds. The maximum atomic E-state index is 13.9. The zero-order valence-electron chi connectivity index (χ0n) is 15.5. The third-order valence-electron chi connectivity index (χ3n) is 3.92. The number of nitrogens with zero attached hydrogens (tertiary/aromatic N) is 1. The molecule has 0 saturated heterocycles. The van der Waals surface area contributed by atoms with Crippen molar-refractivity contribution in [3.05, 3.63) is 58.6 Å². The number of benzene rings is 2. The van der Waals surface area contributed by atoms with Crippen LogP contribution in [0, 0.1) is 17.0 Å². The molecule has 0 spiro atoms. The van der Waals surface area contributed by atoms with Crippen molar-refractivity contribution in [2.24, 2.45) is 0 Å². The second-order valence-electron chi connectivity index (χ2n) is 6.24. The highest BCUT2D eigenvalue weighted by Gasteiger charge is 2.19. The van der Waals surface area contributed by atoms with Gasteiger partial charge in [-0.25, -0.2) is 8.78 Å². The molecule has 11 heteroatoms. The monoisotopic (exact) mass is 454 g/mol. The maximum Gasteiger partial charge on any atom is 0.236 e. The molecule has 2 aromatic carbocycles. The van der Waals surface area contributed by atoms with E-state index in [0.717, 1.165) is 23.7 Å². The Morgan fingerprint density at radius 3 is 2.57 bits per heavy atom. The van der Waals surface area contributed by atoms with Crippen LogP contribution in [0.1, 0.15) is 12.5 Å². The number of amidine groups is 1. The number of anilines is 2. The molecule has 0 saturated carbocycles. The van der Waals surface area contributed by atoms with Crippen molar-refractivity contribution in [2.75, 3.05) is 11.9 Å². The van der Waals surface area contributed by atoms with E-state index in [1.54, 1.807) is 19.1 Å². The molecule has 0 radical (unpaired) electrons. The Morgan fingerprint density at radius 2 is 1.90 bits per heavy atom. The van der Waals surface area contributed by atoms with Crippen LogP contribution >= 0.6 is 23.1 Å². The van der Waals surface area contributed by atoms with E-state index in [-0.39, 0.29) is 35.7 Å². The largest absolute Gasteiger partial charge is 0.492 e. The zero-order valence-corrected chi connectivity index (χ0v) is 17.1. The van der Waals surface area contributed by atoms with Gasteiger partial charge in [0.05, 0.1) is 6.61 Å². The smallest absolute Gasteiger partial charge is 0.236 e. The van der Waals surface area contributed by atoms with Gasteiger partial charge in [-0.3, -0.25) is 5.41 Å². The number of nitrogens with one attached hydrogen (secondary N) is 3. The normalized spacial score (nSPS) is 11.8. The van der Waals surface area contributed by atoms with E-state index in [1.807, 2.05) is 0 Å². The van der Waals surface area contributed by atoms with Crippen LogP contribution in [-0.2, 0) is 0 Å². The molecule has 1 heterocycles.